The number of benzene rings is 4. The van der Waals surface area contributed by atoms with Gasteiger partial charge in [0.05, 0.1) is 6.16 Å². The van der Waals surface area contributed by atoms with Gasteiger partial charge in [-0.2, -0.15) is 0 Å². The van der Waals surface area contributed by atoms with Gasteiger partial charge < -0.3 is 4.42 Å². The van der Waals surface area contributed by atoms with Crippen LogP contribution in [0.15, 0.2) is 118 Å². The van der Waals surface area contributed by atoms with Gasteiger partial charge in [-0.15, -0.1) is 0 Å². The van der Waals surface area contributed by atoms with Crippen molar-refractivity contribution in [3.63, 3.8) is 0 Å². The predicted molar refractivity (Wildman–Crippen MR) is 141 cm³/mol. The lowest BCUT2D eigenvalue weighted by atomic mass is 10.0. The first-order valence-corrected chi connectivity index (χ1v) is 13.1. The van der Waals surface area contributed by atoms with Crippen LogP contribution in [0.4, 0.5) is 0 Å². The van der Waals surface area contributed by atoms with Gasteiger partial charge in [-0.05, 0) is 61.4 Å². The van der Waals surface area contributed by atoms with Crippen molar-refractivity contribution in [1.29, 1.82) is 0 Å². The van der Waals surface area contributed by atoms with E-state index < -0.39 is 7.26 Å². The second-order valence-corrected chi connectivity index (χ2v) is 11.9. The van der Waals surface area contributed by atoms with Gasteiger partial charge in [0.25, 0.3) is 0 Å². The maximum Gasteiger partial charge on any atom is 0.336 e. The second-order valence-electron chi connectivity index (χ2n) is 8.45. The monoisotopic (exact) mass is 449 g/mol. The fourth-order valence-corrected chi connectivity index (χ4v) is 8.94. The Hall–Kier alpha value is -3.48. The lowest BCUT2D eigenvalue weighted by Gasteiger charge is -2.28. The fraction of sp³-hybridized carbons (Fsp3) is 0.100. The van der Waals surface area contributed by atoms with Crippen molar-refractivity contribution >= 4 is 34.1 Å². The van der Waals surface area contributed by atoms with E-state index in [2.05, 4.69) is 110 Å². The molecule has 0 bridgehead atoms. The molecule has 5 rings (SSSR count). The first kappa shape index (κ1) is 21.4. The lowest BCUT2D eigenvalue weighted by Crippen LogP contribution is -2.32. The minimum Gasteiger partial charge on any atom is -0.422 e. The molecule has 1 aromatic heterocycles. The zero-order valence-electron chi connectivity index (χ0n) is 18.9. The molecule has 0 saturated carbocycles. The maximum absolute atomic E-state index is 12.7. The highest BCUT2D eigenvalue weighted by molar-refractivity contribution is 7.95. The normalized spacial score (nSPS) is 11.6. The van der Waals surface area contributed by atoms with E-state index in [1.54, 1.807) is 6.07 Å². The van der Waals surface area contributed by atoms with Crippen LogP contribution in [0.2, 0.25) is 0 Å². The Bertz CT molecular complexity index is 1360. The molecule has 3 heteroatoms. The highest BCUT2D eigenvalue weighted by Crippen LogP contribution is 2.58. The van der Waals surface area contributed by atoms with Crippen molar-refractivity contribution in [3.05, 3.63) is 136 Å². The molecule has 0 aliphatic carbocycles. The van der Waals surface area contributed by atoms with Gasteiger partial charge in [0.1, 0.15) is 28.8 Å². The summed E-state index contributed by atoms with van der Waals surface area (Å²) >= 11 is 0. The molecular weight excluding hydrogens is 423 g/mol. The Morgan fingerprint density at radius 2 is 1.15 bits per heavy atom. The van der Waals surface area contributed by atoms with E-state index >= 15 is 0 Å². The van der Waals surface area contributed by atoms with Crippen LogP contribution in [0.5, 0.6) is 0 Å². The largest absolute Gasteiger partial charge is 0.422 e. The van der Waals surface area contributed by atoms with E-state index in [4.69, 9.17) is 4.42 Å². The van der Waals surface area contributed by atoms with Gasteiger partial charge in [0, 0.05) is 17.0 Å². The van der Waals surface area contributed by atoms with Crippen LogP contribution >= 0.6 is 7.26 Å². The summed E-state index contributed by atoms with van der Waals surface area (Å²) in [7, 11) is -2.11. The average molecular weight is 450 g/mol. The zero-order chi connectivity index (χ0) is 22.8. The van der Waals surface area contributed by atoms with Gasteiger partial charge in [-0.1, -0.05) is 66.7 Å². The quantitative estimate of drug-likeness (QED) is 0.247. The van der Waals surface area contributed by atoms with Crippen molar-refractivity contribution in [2.24, 2.45) is 0 Å². The molecule has 5 aromatic rings. The average Bonchev–Trinajstić information content (AvgIpc) is 2.86. The Labute approximate surface area is 194 Å². The van der Waals surface area contributed by atoms with Crippen molar-refractivity contribution in [3.8, 4) is 0 Å². The maximum atomic E-state index is 12.7. The van der Waals surface area contributed by atoms with Crippen molar-refractivity contribution < 1.29 is 4.42 Å². The van der Waals surface area contributed by atoms with Crippen molar-refractivity contribution in [1.82, 2.24) is 0 Å². The summed E-state index contributed by atoms with van der Waals surface area (Å²) in [5.74, 6) is 0. The molecule has 0 unspecified atom stereocenters. The van der Waals surface area contributed by atoms with E-state index in [1.807, 2.05) is 6.92 Å². The molecule has 0 saturated heterocycles. The molecule has 162 valence electrons. The molecule has 0 N–H and O–H groups in total. The van der Waals surface area contributed by atoms with Crippen LogP contribution in [0.1, 0.15) is 16.7 Å². The summed E-state index contributed by atoms with van der Waals surface area (Å²) in [6.07, 6.45) is 0.746. The van der Waals surface area contributed by atoms with E-state index in [1.165, 1.54) is 15.9 Å². The van der Waals surface area contributed by atoms with E-state index in [0.717, 1.165) is 28.2 Å². The molecule has 4 aromatic carbocycles. The summed E-state index contributed by atoms with van der Waals surface area (Å²) in [6, 6.07) is 38.2. The second kappa shape index (κ2) is 8.81. The molecule has 0 aliphatic heterocycles. The number of hydrogen-bond acceptors (Lipinski definition) is 2. The van der Waals surface area contributed by atoms with Gasteiger partial charge in [0.15, 0.2) is 0 Å². The summed E-state index contributed by atoms with van der Waals surface area (Å²) in [5.41, 5.74) is 3.59. The first-order chi connectivity index (χ1) is 16.1. The van der Waals surface area contributed by atoms with Crippen molar-refractivity contribution in [2.75, 3.05) is 0 Å². The lowest BCUT2D eigenvalue weighted by molar-refractivity contribution is 0.557. The molecule has 0 amide bonds. The summed E-state index contributed by atoms with van der Waals surface area (Å²) in [4.78, 5) is 12.7. The molecule has 0 radical (unpaired) electrons. The van der Waals surface area contributed by atoms with Crippen LogP contribution < -0.4 is 21.5 Å². The Morgan fingerprint density at radius 1 is 0.667 bits per heavy atom. The number of aryl methyl sites for hydroxylation is 2. The van der Waals surface area contributed by atoms with Gasteiger partial charge in [-0.3, -0.25) is 0 Å². The standard InChI is InChI=1S/C30H26O2P/c1-22-18-19-28-24(20-29(31)32-30(28)23(22)2)21-33(25-12-6-3-7-13-25,26-14-8-4-9-15-26)27-16-10-5-11-17-27/h3-20H,21H2,1-2H3/q+1. The van der Waals surface area contributed by atoms with Gasteiger partial charge >= 0.3 is 5.63 Å². The summed E-state index contributed by atoms with van der Waals surface area (Å²) < 4.78 is 5.70. The molecule has 33 heavy (non-hydrogen) atoms. The molecule has 0 atom stereocenters. The molecule has 1 heterocycles. The Balaban J connectivity index is 1.85. The molecule has 0 spiro atoms. The molecule has 2 nitrogen and oxygen atoms in total. The number of fused-ring (bicyclic) bond motifs is 1. The molecular formula is C30H26O2P+. The predicted octanol–water partition coefficient (Wildman–Crippen LogP) is 5.90. The van der Waals surface area contributed by atoms with Gasteiger partial charge in [0.2, 0.25) is 0 Å². The van der Waals surface area contributed by atoms with Crippen LogP contribution in [-0.2, 0) is 6.16 Å². The third-order valence-corrected chi connectivity index (χ3v) is 10.9. The first-order valence-electron chi connectivity index (χ1n) is 11.2. The topological polar surface area (TPSA) is 30.2 Å². The van der Waals surface area contributed by atoms with E-state index in [9.17, 15) is 4.79 Å². The number of rotatable bonds is 5. The fourth-order valence-electron chi connectivity index (χ4n) is 4.68. The zero-order valence-corrected chi connectivity index (χ0v) is 19.8. The number of hydrogen-bond donors (Lipinski definition) is 0. The van der Waals surface area contributed by atoms with Crippen molar-refractivity contribution in [2.45, 2.75) is 20.0 Å². The highest BCUT2D eigenvalue weighted by Gasteiger charge is 2.45. The van der Waals surface area contributed by atoms with E-state index in [0.29, 0.717) is 5.58 Å². The van der Waals surface area contributed by atoms with Crippen LogP contribution in [0, 0.1) is 13.8 Å². The van der Waals surface area contributed by atoms with Crippen LogP contribution in [0.25, 0.3) is 11.0 Å². The summed E-state index contributed by atoms with van der Waals surface area (Å²) in [6.45, 7) is 4.08. The third-order valence-electron chi connectivity index (χ3n) is 6.52. The Kier molecular flexibility index (Phi) is 5.70. The van der Waals surface area contributed by atoms with Crippen LogP contribution in [-0.4, -0.2) is 0 Å². The highest BCUT2D eigenvalue weighted by atomic mass is 31.2. The van der Waals surface area contributed by atoms with Crippen LogP contribution in [0.3, 0.4) is 0 Å². The smallest absolute Gasteiger partial charge is 0.336 e. The van der Waals surface area contributed by atoms with Gasteiger partial charge in [-0.25, -0.2) is 4.79 Å². The Morgan fingerprint density at radius 3 is 1.64 bits per heavy atom. The molecule has 0 aliphatic rings. The minimum atomic E-state index is -2.11. The molecule has 0 fully saturated rings. The third kappa shape index (κ3) is 3.81. The summed E-state index contributed by atoms with van der Waals surface area (Å²) in [5, 5.41) is 4.91. The van der Waals surface area contributed by atoms with E-state index in [-0.39, 0.29) is 5.63 Å². The minimum absolute atomic E-state index is 0.293. The SMILES string of the molecule is Cc1ccc2c(C[P+](c3ccccc3)(c3ccccc3)c3ccccc3)cc(=O)oc2c1C.